The van der Waals surface area contributed by atoms with Crippen molar-refractivity contribution in [2.75, 3.05) is 13.2 Å². The predicted molar refractivity (Wildman–Crippen MR) is 90.8 cm³/mol. The first-order valence-corrected chi connectivity index (χ1v) is 9.08. The van der Waals surface area contributed by atoms with Crippen molar-refractivity contribution in [2.45, 2.75) is 96.3 Å². The molecule has 1 nitrogen and oxygen atoms in total. The molecule has 0 amide bonds. The van der Waals surface area contributed by atoms with E-state index in [0.717, 1.165) is 13.0 Å². The van der Waals surface area contributed by atoms with Crippen molar-refractivity contribution < 1.29 is 4.74 Å². The van der Waals surface area contributed by atoms with Crippen molar-refractivity contribution in [3.8, 4) is 0 Å². The van der Waals surface area contributed by atoms with Crippen LogP contribution in [0, 0.1) is 13.8 Å². The first-order valence-electron chi connectivity index (χ1n) is 9.08. The molecule has 0 saturated heterocycles. The molecule has 20 heavy (non-hydrogen) atoms. The Morgan fingerprint density at radius 1 is 0.450 bits per heavy atom. The molecule has 0 aliphatic heterocycles. The lowest BCUT2D eigenvalue weighted by molar-refractivity contribution is 0.156. The molecule has 0 atom stereocenters. The molecule has 0 saturated carbocycles. The highest BCUT2D eigenvalue weighted by molar-refractivity contribution is 4.50. The van der Waals surface area contributed by atoms with E-state index in [0.29, 0.717) is 6.61 Å². The zero-order valence-corrected chi connectivity index (χ0v) is 13.8. The lowest BCUT2D eigenvalue weighted by Gasteiger charge is -2.03. The Morgan fingerprint density at radius 3 is 1.15 bits per heavy atom. The van der Waals surface area contributed by atoms with Crippen molar-refractivity contribution in [3.05, 3.63) is 13.8 Å². The molecule has 0 aliphatic rings. The second kappa shape index (κ2) is 19.0. The lowest BCUT2D eigenvalue weighted by Crippen LogP contribution is -1.93. The summed E-state index contributed by atoms with van der Waals surface area (Å²) in [5.74, 6) is 0. The highest BCUT2D eigenvalue weighted by atomic mass is 16.5. The maximum atomic E-state index is 5.23. The van der Waals surface area contributed by atoms with Gasteiger partial charge in [-0.25, -0.2) is 0 Å². The molecule has 0 rings (SSSR count). The van der Waals surface area contributed by atoms with Gasteiger partial charge in [-0.05, 0) is 13.3 Å². The van der Waals surface area contributed by atoms with Crippen LogP contribution in [-0.2, 0) is 4.74 Å². The minimum Gasteiger partial charge on any atom is -0.381 e. The third-order valence-electron chi connectivity index (χ3n) is 3.93. The van der Waals surface area contributed by atoms with Crippen LogP contribution in [0.2, 0.25) is 0 Å². The smallest absolute Gasteiger partial charge is 0.0466 e. The second-order valence-corrected chi connectivity index (χ2v) is 5.92. The van der Waals surface area contributed by atoms with Crippen LogP contribution in [0.3, 0.4) is 0 Å². The van der Waals surface area contributed by atoms with Gasteiger partial charge in [0.1, 0.15) is 0 Å². The highest BCUT2D eigenvalue weighted by Gasteiger charge is 1.94. The van der Waals surface area contributed by atoms with Crippen molar-refractivity contribution >= 4 is 0 Å². The van der Waals surface area contributed by atoms with Crippen molar-refractivity contribution in [1.29, 1.82) is 0 Å². The average molecular weight is 283 g/mol. The van der Waals surface area contributed by atoms with Gasteiger partial charge in [-0.3, -0.25) is 0 Å². The van der Waals surface area contributed by atoms with Crippen molar-refractivity contribution in [1.82, 2.24) is 0 Å². The first kappa shape index (κ1) is 20.0. The van der Waals surface area contributed by atoms with Crippen LogP contribution < -0.4 is 0 Å². The van der Waals surface area contributed by atoms with Crippen LogP contribution >= 0.6 is 0 Å². The summed E-state index contributed by atoms with van der Waals surface area (Å²) in [6.45, 7) is 9.07. The molecule has 0 spiro atoms. The van der Waals surface area contributed by atoms with Gasteiger partial charge in [-0.15, -0.1) is 0 Å². The van der Waals surface area contributed by atoms with E-state index in [1.165, 1.54) is 89.9 Å². The average Bonchev–Trinajstić information content (AvgIpc) is 2.47. The van der Waals surface area contributed by atoms with Crippen LogP contribution in [0.1, 0.15) is 96.3 Å². The molecule has 2 radical (unpaired) electrons. The van der Waals surface area contributed by atoms with Crippen LogP contribution in [-0.4, -0.2) is 13.2 Å². The maximum Gasteiger partial charge on any atom is 0.0466 e. The molecule has 1 heteroatoms. The molecule has 0 aromatic carbocycles. The lowest BCUT2D eigenvalue weighted by atomic mass is 10.0. The van der Waals surface area contributed by atoms with E-state index in [4.69, 9.17) is 4.74 Å². The van der Waals surface area contributed by atoms with Gasteiger partial charge in [0.15, 0.2) is 0 Å². The Bertz CT molecular complexity index is 138. The molecule has 0 fully saturated rings. The molecule has 0 aromatic heterocycles. The van der Waals surface area contributed by atoms with Crippen LogP contribution in [0.4, 0.5) is 0 Å². The fourth-order valence-corrected chi connectivity index (χ4v) is 2.60. The molecule has 0 bridgehead atoms. The number of rotatable bonds is 17. The molecule has 0 unspecified atom stereocenters. The van der Waals surface area contributed by atoms with Gasteiger partial charge in [0.25, 0.3) is 0 Å². The van der Waals surface area contributed by atoms with Gasteiger partial charge in [0.05, 0.1) is 0 Å². The van der Waals surface area contributed by atoms with Crippen molar-refractivity contribution in [2.24, 2.45) is 0 Å². The van der Waals surface area contributed by atoms with E-state index in [1.54, 1.807) is 0 Å². The summed E-state index contributed by atoms with van der Waals surface area (Å²) in [5, 5.41) is 0. The van der Waals surface area contributed by atoms with E-state index < -0.39 is 0 Å². The summed E-state index contributed by atoms with van der Waals surface area (Å²) < 4.78 is 5.23. The molecule has 0 heterocycles. The fraction of sp³-hybridized carbons (Fsp3) is 0.895. The highest BCUT2D eigenvalue weighted by Crippen LogP contribution is 2.13. The number of hydrogen-bond donors (Lipinski definition) is 0. The normalized spacial score (nSPS) is 11.1. The zero-order chi connectivity index (χ0) is 14.7. The minimum absolute atomic E-state index is 0.621. The summed E-state index contributed by atoms with van der Waals surface area (Å²) in [6.07, 6.45) is 20.7. The monoisotopic (exact) mass is 282 g/mol. The summed E-state index contributed by atoms with van der Waals surface area (Å²) in [6, 6.07) is 0. The fourth-order valence-electron chi connectivity index (χ4n) is 2.60. The minimum atomic E-state index is 0.621. The number of hydrogen-bond acceptors (Lipinski definition) is 1. The van der Waals surface area contributed by atoms with Gasteiger partial charge < -0.3 is 4.74 Å². The van der Waals surface area contributed by atoms with Crippen LogP contribution in [0.25, 0.3) is 0 Å². The van der Waals surface area contributed by atoms with Crippen LogP contribution in [0.15, 0.2) is 0 Å². The standard InChI is InChI=1S/C19H38O/c1-3-5-6-7-8-9-10-11-12-13-14-15-16-17-18-19-20-4-2/h1-19H2. The Hall–Kier alpha value is -0.0400. The van der Waals surface area contributed by atoms with Crippen LogP contribution in [0.5, 0.6) is 0 Å². The molecular weight excluding hydrogens is 244 g/mol. The Balaban J connectivity index is 2.89. The summed E-state index contributed by atoms with van der Waals surface area (Å²) in [4.78, 5) is 0. The van der Waals surface area contributed by atoms with Gasteiger partial charge >= 0.3 is 0 Å². The summed E-state index contributed by atoms with van der Waals surface area (Å²) in [5.41, 5.74) is 0. The Labute approximate surface area is 128 Å². The van der Waals surface area contributed by atoms with Gasteiger partial charge in [-0.1, -0.05) is 96.8 Å². The summed E-state index contributed by atoms with van der Waals surface area (Å²) in [7, 11) is 0. The van der Waals surface area contributed by atoms with E-state index in [-0.39, 0.29) is 0 Å². The van der Waals surface area contributed by atoms with E-state index >= 15 is 0 Å². The molecular formula is C19H38O. The molecule has 0 aromatic rings. The molecule has 120 valence electrons. The topological polar surface area (TPSA) is 9.23 Å². The molecule has 0 N–H and O–H groups in total. The van der Waals surface area contributed by atoms with Gasteiger partial charge in [0.2, 0.25) is 0 Å². The second-order valence-electron chi connectivity index (χ2n) is 5.92. The van der Waals surface area contributed by atoms with Gasteiger partial charge in [-0.2, -0.15) is 0 Å². The maximum absolute atomic E-state index is 5.23. The number of unbranched alkanes of at least 4 members (excludes halogenated alkanes) is 14. The molecule has 0 aliphatic carbocycles. The SMILES string of the molecule is [CH2]CCCCCCCCCCCCCCCCOC[CH2]. The summed E-state index contributed by atoms with van der Waals surface area (Å²) >= 11 is 0. The first-order chi connectivity index (χ1) is 9.91. The van der Waals surface area contributed by atoms with Gasteiger partial charge in [0, 0.05) is 13.2 Å². The third kappa shape index (κ3) is 18.0. The van der Waals surface area contributed by atoms with Crippen molar-refractivity contribution in [3.63, 3.8) is 0 Å². The predicted octanol–water partition coefficient (Wildman–Crippen LogP) is 6.52. The zero-order valence-electron chi connectivity index (χ0n) is 13.8. The Morgan fingerprint density at radius 2 is 0.800 bits per heavy atom. The Kier molecular flexibility index (Phi) is 18.9. The number of ether oxygens (including phenoxy) is 1. The largest absolute Gasteiger partial charge is 0.381 e. The van der Waals surface area contributed by atoms with E-state index in [9.17, 15) is 0 Å². The van der Waals surface area contributed by atoms with E-state index in [1.807, 2.05) is 0 Å². The third-order valence-corrected chi connectivity index (χ3v) is 3.93. The quantitative estimate of drug-likeness (QED) is 0.276. The van der Waals surface area contributed by atoms with E-state index in [2.05, 4.69) is 13.8 Å².